The highest BCUT2D eigenvalue weighted by atomic mass is 35.5. The van der Waals surface area contributed by atoms with Crippen LogP contribution in [0.4, 0.5) is 28.4 Å². The second-order valence-corrected chi connectivity index (χ2v) is 31.0. The highest BCUT2D eigenvalue weighted by Crippen LogP contribution is 2.42. The summed E-state index contributed by atoms with van der Waals surface area (Å²) in [6.07, 6.45) is 0. The number of para-hydroxylation sites is 4. The molecule has 0 aliphatic heterocycles. The minimum Gasteiger partial charge on any atom is -0.356 e. The number of nitrogens with zero attached hydrogens (tertiary/aromatic N) is 3. The Hall–Kier alpha value is -15.6. The maximum Gasteiger partial charge on any atom is 0.0541 e. The van der Waals surface area contributed by atoms with Crippen molar-refractivity contribution in [2.45, 2.75) is 0 Å². The summed E-state index contributed by atoms with van der Waals surface area (Å²) in [5.41, 5.74) is 31.9. The van der Waals surface area contributed by atoms with Gasteiger partial charge in [-0.05, 0) is 244 Å². The summed E-state index contributed by atoms with van der Waals surface area (Å²) in [4.78, 5) is 2.35. The topological polar surface area (TPSA) is 25.1 Å². The molecule has 2 heterocycles. The molecule has 1 N–H and O–H groups in total. The van der Waals surface area contributed by atoms with Crippen LogP contribution in [0.1, 0.15) is 0 Å². The second kappa shape index (κ2) is 33.6. The van der Waals surface area contributed by atoms with Crippen LogP contribution in [0, 0.1) is 0 Å². The van der Waals surface area contributed by atoms with Crippen LogP contribution in [-0.4, -0.2) is 9.13 Å². The molecule has 572 valence electrons. The Bertz CT molecular complexity index is 7260. The average molecular weight is 1570 g/mol. The van der Waals surface area contributed by atoms with Gasteiger partial charge in [0.1, 0.15) is 0 Å². The third-order valence-electron chi connectivity index (χ3n) is 23.2. The molecule has 0 radical (unpaired) electrons. The molecule has 0 fully saturated rings. The minimum atomic E-state index is 0.765. The van der Waals surface area contributed by atoms with Crippen LogP contribution in [0.2, 0.25) is 5.02 Å². The van der Waals surface area contributed by atoms with E-state index in [1.54, 1.807) is 0 Å². The van der Waals surface area contributed by atoms with Crippen LogP contribution < -0.4 is 10.2 Å². The molecule has 0 spiro atoms. The molecule has 4 nitrogen and oxygen atoms in total. The second-order valence-electron chi connectivity index (χ2n) is 30.6. The Morgan fingerprint density at radius 2 is 0.388 bits per heavy atom. The summed E-state index contributed by atoms with van der Waals surface area (Å²) < 4.78 is 4.71. The lowest BCUT2D eigenvalue weighted by molar-refractivity contribution is 1.17. The summed E-state index contributed by atoms with van der Waals surface area (Å²) in [5.74, 6) is 0. The van der Waals surface area contributed by atoms with Crippen molar-refractivity contribution in [1.29, 1.82) is 0 Å². The minimum absolute atomic E-state index is 0.765. The van der Waals surface area contributed by atoms with Gasteiger partial charge in [0.05, 0.1) is 22.1 Å². The van der Waals surface area contributed by atoms with Crippen LogP contribution in [0.25, 0.3) is 166 Å². The molecule has 0 atom stereocenters. The number of fused-ring (bicyclic) bond motifs is 8. The van der Waals surface area contributed by atoms with Crippen molar-refractivity contribution >= 4 is 105 Å². The quantitative estimate of drug-likeness (QED) is 0.111. The predicted molar refractivity (Wildman–Crippen MR) is 516 cm³/mol. The number of aromatic nitrogens is 2. The SMILES string of the molecule is Clc1ccc(-c2ccc(-c3ccc4ccccc4c3)cc2)cc1.c1ccc(-c2ccc(-c3ccc(N(c4ccc(-c5ccc(-c6ccc7ccccc7c6)cc5)cc4)c4ccc(-n5c6ccccc6c6ccccc65)cc4)cc3)cc2)cc1.c1ccc(-c2ccc(-c3ccc(Nc4ccc(-n5c6ccccc6c6ccccc65)cc4)cc3)cc2)cc1. The Morgan fingerprint density at radius 1 is 0.174 bits per heavy atom. The van der Waals surface area contributed by atoms with E-state index in [-0.39, 0.29) is 0 Å². The van der Waals surface area contributed by atoms with E-state index in [1.807, 2.05) is 30.3 Å². The summed E-state index contributed by atoms with van der Waals surface area (Å²) in [6, 6.07) is 173. The highest BCUT2D eigenvalue weighted by molar-refractivity contribution is 6.30. The van der Waals surface area contributed by atoms with Gasteiger partial charge in [-0.3, -0.25) is 0 Å². The fourth-order valence-electron chi connectivity index (χ4n) is 16.9. The molecule has 0 aliphatic rings. The lowest BCUT2D eigenvalue weighted by Gasteiger charge is -2.26. The first-order valence-electron chi connectivity index (χ1n) is 41.2. The third-order valence-corrected chi connectivity index (χ3v) is 23.4. The van der Waals surface area contributed by atoms with E-state index in [9.17, 15) is 0 Å². The molecule has 0 bridgehead atoms. The monoisotopic (exact) mass is 1560 g/mol. The Balaban J connectivity index is 0.000000130. The first-order chi connectivity index (χ1) is 59.9. The smallest absolute Gasteiger partial charge is 0.0541 e. The first kappa shape index (κ1) is 74.2. The number of anilines is 5. The summed E-state index contributed by atoms with van der Waals surface area (Å²) in [5, 5.41) is 14.5. The van der Waals surface area contributed by atoms with Crippen molar-refractivity contribution in [3.05, 3.63) is 490 Å². The molecule has 0 saturated heterocycles. The molecule has 5 heteroatoms. The summed E-state index contributed by atoms with van der Waals surface area (Å²) >= 11 is 5.95. The number of halogens is 1. The van der Waals surface area contributed by atoms with E-state index in [0.717, 1.165) is 44.8 Å². The van der Waals surface area contributed by atoms with Gasteiger partial charge in [-0.1, -0.05) is 363 Å². The van der Waals surface area contributed by atoms with Crippen molar-refractivity contribution in [2.75, 3.05) is 10.2 Å². The molecular formula is C116H81ClN4. The Kier molecular flexibility index (Phi) is 20.6. The number of rotatable bonds is 15. The number of hydrogen-bond acceptors (Lipinski definition) is 2. The molecule has 2 aromatic heterocycles. The van der Waals surface area contributed by atoms with Gasteiger partial charge in [0.2, 0.25) is 0 Å². The van der Waals surface area contributed by atoms with E-state index < -0.39 is 0 Å². The molecule has 121 heavy (non-hydrogen) atoms. The van der Waals surface area contributed by atoms with Gasteiger partial charge in [0, 0.05) is 66.4 Å². The number of nitrogens with one attached hydrogen (secondary N) is 1. The zero-order valence-corrected chi connectivity index (χ0v) is 67.2. The normalized spacial score (nSPS) is 11.2. The van der Waals surface area contributed by atoms with Gasteiger partial charge in [-0.2, -0.15) is 0 Å². The molecule has 22 rings (SSSR count). The van der Waals surface area contributed by atoms with E-state index in [4.69, 9.17) is 11.6 Å². The van der Waals surface area contributed by atoms with Gasteiger partial charge in [0.25, 0.3) is 0 Å². The molecule has 22 aromatic rings. The predicted octanol–water partition coefficient (Wildman–Crippen LogP) is 32.8. The average Bonchev–Trinajstić information content (AvgIpc) is 1.61. The van der Waals surface area contributed by atoms with Gasteiger partial charge < -0.3 is 19.4 Å². The molecular weight excluding hydrogens is 1480 g/mol. The number of benzene rings is 20. The molecule has 0 unspecified atom stereocenters. The fraction of sp³-hybridized carbons (Fsp3) is 0. The standard InChI is InChI=1S/C58H40N2.C36H26N2.C22H15Cl/c1-2-10-41(11-3-1)43-18-20-44(21-19-43)46-28-32-51(33-29-46)59(53-36-38-54(39-37-53)60-57-16-8-6-14-55(57)56-15-7-9-17-58(56)60)52-34-30-47(31-35-52)45-22-24-48(25-23-45)50-27-26-42-12-4-5-13-49(42)40-50;1-2-8-26(9-3-1)27-14-16-28(17-15-27)29-18-20-30(21-19-29)37-31-22-24-32(25-23-31)38-35-12-6-4-10-33(35)34-11-5-7-13-36(34)38;23-22-13-11-18(12-14-22)17-5-7-19(8-6-17)21-10-9-16-3-1-2-4-20(16)15-21/h1-40H;1-25,37H;1-15H. The van der Waals surface area contributed by atoms with Crippen molar-refractivity contribution < 1.29 is 0 Å². The number of hydrogen-bond donors (Lipinski definition) is 1. The van der Waals surface area contributed by atoms with Gasteiger partial charge in [-0.25, -0.2) is 0 Å². The maximum absolute atomic E-state index is 5.95. The zero-order valence-electron chi connectivity index (χ0n) is 66.4. The fourth-order valence-corrected chi connectivity index (χ4v) is 17.0. The van der Waals surface area contributed by atoms with Crippen molar-refractivity contribution in [3.8, 4) is 100 Å². The summed E-state index contributed by atoms with van der Waals surface area (Å²) in [6.45, 7) is 0. The molecule has 20 aromatic carbocycles. The van der Waals surface area contributed by atoms with Crippen LogP contribution in [0.15, 0.2) is 485 Å². The maximum atomic E-state index is 5.95. The first-order valence-corrected chi connectivity index (χ1v) is 41.6. The van der Waals surface area contributed by atoms with Crippen LogP contribution >= 0.6 is 11.6 Å². The van der Waals surface area contributed by atoms with Crippen molar-refractivity contribution in [1.82, 2.24) is 9.13 Å². The highest BCUT2D eigenvalue weighted by Gasteiger charge is 2.18. The van der Waals surface area contributed by atoms with E-state index in [2.05, 4.69) is 474 Å². The van der Waals surface area contributed by atoms with Crippen molar-refractivity contribution in [2.24, 2.45) is 0 Å². The van der Waals surface area contributed by atoms with Gasteiger partial charge in [-0.15, -0.1) is 0 Å². The van der Waals surface area contributed by atoms with E-state index in [0.29, 0.717) is 0 Å². The molecule has 0 amide bonds. The van der Waals surface area contributed by atoms with Crippen LogP contribution in [-0.2, 0) is 0 Å². The molecule has 0 aliphatic carbocycles. The van der Waals surface area contributed by atoms with E-state index >= 15 is 0 Å². The largest absolute Gasteiger partial charge is 0.356 e. The van der Waals surface area contributed by atoms with Crippen LogP contribution in [0.3, 0.4) is 0 Å². The lowest BCUT2D eigenvalue weighted by atomic mass is 9.98. The Morgan fingerprint density at radius 3 is 0.711 bits per heavy atom. The van der Waals surface area contributed by atoms with Crippen molar-refractivity contribution in [3.63, 3.8) is 0 Å². The van der Waals surface area contributed by atoms with Gasteiger partial charge >= 0.3 is 0 Å². The Labute approximate surface area is 710 Å². The molecule has 0 saturated carbocycles. The zero-order chi connectivity index (χ0) is 80.8. The third kappa shape index (κ3) is 15.7. The van der Waals surface area contributed by atoms with Crippen LogP contribution in [0.5, 0.6) is 0 Å². The van der Waals surface area contributed by atoms with Gasteiger partial charge in [0.15, 0.2) is 0 Å². The van der Waals surface area contributed by atoms with E-state index in [1.165, 1.54) is 154 Å². The summed E-state index contributed by atoms with van der Waals surface area (Å²) in [7, 11) is 0. The lowest BCUT2D eigenvalue weighted by Crippen LogP contribution is -2.10.